The van der Waals surface area contributed by atoms with Crippen LogP contribution in [0.4, 0.5) is 0 Å². The van der Waals surface area contributed by atoms with Crippen LogP contribution in [0.1, 0.15) is 50.6 Å². The zero-order chi connectivity index (χ0) is 22.4. The lowest BCUT2D eigenvalue weighted by atomic mass is 9.82. The molecule has 1 amide bonds. The van der Waals surface area contributed by atoms with Crippen LogP contribution in [0.25, 0.3) is 0 Å². The number of nitrogens with zero attached hydrogens (tertiary/aromatic N) is 1. The number of pyridine rings is 1. The van der Waals surface area contributed by atoms with Gasteiger partial charge >= 0.3 is 5.97 Å². The number of carbonyl (C=O) groups excluding carboxylic acids is 2. The molecule has 2 rings (SSSR count). The summed E-state index contributed by atoms with van der Waals surface area (Å²) in [7, 11) is 0. The van der Waals surface area contributed by atoms with Crippen LogP contribution >= 0.6 is 15.9 Å². The molecular formula is C23H27BrN2O4. The number of aliphatic hydroxyl groups is 1. The van der Waals surface area contributed by atoms with Gasteiger partial charge in [-0.15, -0.1) is 0 Å². The molecule has 0 aliphatic carbocycles. The fourth-order valence-electron chi connectivity index (χ4n) is 2.93. The first-order valence-electron chi connectivity index (χ1n) is 9.64. The second kappa shape index (κ2) is 10.00. The summed E-state index contributed by atoms with van der Waals surface area (Å²) in [6.07, 6.45) is 3.90. The highest BCUT2D eigenvalue weighted by Crippen LogP contribution is 2.37. The van der Waals surface area contributed by atoms with E-state index in [1.54, 1.807) is 43.5 Å². The molecule has 1 heterocycles. The van der Waals surface area contributed by atoms with Gasteiger partial charge in [-0.25, -0.2) is 4.79 Å². The van der Waals surface area contributed by atoms with Crippen molar-refractivity contribution in [3.63, 3.8) is 0 Å². The molecule has 2 atom stereocenters. The largest absolute Gasteiger partial charge is 0.463 e. The Morgan fingerprint density at radius 3 is 2.37 bits per heavy atom. The predicted molar refractivity (Wildman–Crippen MR) is 119 cm³/mol. The van der Waals surface area contributed by atoms with Crippen LogP contribution in [0.3, 0.4) is 0 Å². The Morgan fingerprint density at radius 1 is 1.17 bits per heavy atom. The Balaban J connectivity index is 2.23. The number of alkyl halides is 1. The zero-order valence-electron chi connectivity index (χ0n) is 17.6. The smallest absolute Gasteiger partial charge is 0.330 e. The third-order valence-corrected chi connectivity index (χ3v) is 5.30. The monoisotopic (exact) mass is 474 g/mol. The van der Waals surface area contributed by atoms with Crippen LogP contribution in [0.15, 0.2) is 60.8 Å². The third kappa shape index (κ3) is 6.24. The van der Waals surface area contributed by atoms with E-state index in [0.29, 0.717) is 11.3 Å². The van der Waals surface area contributed by atoms with Gasteiger partial charge in [0.25, 0.3) is 0 Å². The standard InChI is InChI=1S/C23H27BrN2O4/c1-5-30-20(28)14-13-19(27)26-21(22(2,3)4)16-9-11-17(12-10-16)23(24,29)18-8-6-7-15-25-18/h6-15,21,29H,5H2,1-4H3,(H,26,27)/b14-13+. The molecule has 1 aromatic heterocycles. The highest BCUT2D eigenvalue weighted by molar-refractivity contribution is 9.09. The topological polar surface area (TPSA) is 88.5 Å². The summed E-state index contributed by atoms with van der Waals surface area (Å²) in [6.45, 7) is 7.98. The van der Waals surface area contributed by atoms with E-state index in [1.165, 1.54) is 6.08 Å². The summed E-state index contributed by atoms with van der Waals surface area (Å²) in [5, 5.41) is 13.8. The van der Waals surface area contributed by atoms with Crippen molar-refractivity contribution in [2.45, 2.75) is 38.2 Å². The molecule has 2 unspecified atom stereocenters. The number of amides is 1. The maximum Gasteiger partial charge on any atom is 0.330 e. The van der Waals surface area contributed by atoms with Gasteiger partial charge in [0.15, 0.2) is 4.51 Å². The van der Waals surface area contributed by atoms with E-state index in [4.69, 9.17) is 4.74 Å². The summed E-state index contributed by atoms with van der Waals surface area (Å²) < 4.78 is 3.37. The van der Waals surface area contributed by atoms with Gasteiger partial charge in [-0.05, 0) is 46.0 Å². The maximum atomic E-state index is 12.3. The lowest BCUT2D eigenvalue weighted by Crippen LogP contribution is -2.36. The number of carbonyl (C=O) groups is 2. The lowest BCUT2D eigenvalue weighted by Gasteiger charge is -2.32. The SMILES string of the molecule is CCOC(=O)/C=C/C(=O)NC(c1ccc(C(O)(Br)c2ccccn2)cc1)C(C)(C)C. The van der Waals surface area contributed by atoms with Crippen molar-refractivity contribution in [3.05, 3.63) is 77.6 Å². The summed E-state index contributed by atoms with van der Waals surface area (Å²) in [4.78, 5) is 28.0. The van der Waals surface area contributed by atoms with Gasteiger partial charge in [0.05, 0.1) is 18.3 Å². The molecule has 0 saturated heterocycles. The molecule has 2 aromatic rings. The van der Waals surface area contributed by atoms with Gasteiger partial charge in [-0.2, -0.15) is 0 Å². The molecule has 0 saturated carbocycles. The Morgan fingerprint density at radius 2 is 1.83 bits per heavy atom. The molecule has 6 nitrogen and oxygen atoms in total. The van der Waals surface area contributed by atoms with Crippen molar-refractivity contribution in [2.75, 3.05) is 6.61 Å². The summed E-state index contributed by atoms with van der Waals surface area (Å²) in [5.74, 6) is -0.951. The van der Waals surface area contributed by atoms with Crippen LogP contribution < -0.4 is 5.32 Å². The molecule has 0 fully saturated rings. The lowest BCUT2D eigenvalue weighted by molar-refractivity contribution is -0.137. The molecule has 160 valence electrons. The average Bonchev–Trinajstić information content (AvgIpc) is 2.70. The number of rotatable bonds is 7. The number of esters is 1. The zero-order valence-corrected chi connectivity index (χ0v) is 19.1. The first-order valence-corrected chi connectivity index (χ1v) is 10.4. The van der Waals surface area contributed by atoms with Gasteiger partial charge < -0.3 is 15.2 Å². The van der Waals surface area contributed by atoms with E-state index in [2.05, 4.69) is 26.2 Å². The minimum atomic E-state index is -1.42. The Labute approximate surface area is 185 Å². The van der Waals surface area contributed by atoms with E-state index in [9.17, 15) is 14.7 Å². The molecule has 1 aromatic carbocycles. The van der Waals surface area contributed by atoms with Crippen molar-refractivity contribution in [1.82, 2.24) is 10.3 Å². The number of ether oxygens (including phenoxy) is 1. The number of hydrogen-bond donors (Lipinski definition) is 2. The summed E-state index contributed by atoms with van der Waals surface area (Å²) in [5.41, 5.74) is 1.67. The molecule has 0 radical (unpaired) electrons. The number of hydrogen-bond acceptors (Lipinski definition) is 5. The van der Waals surface area contributed by atoms with Gasteiger partial charge in [-0.3, -0.25) is 9.78 Å². The summed E-state index contributed by atoms with van der Waals surface area (Å²) >= 11 is 3.36. The minimum absolute atomic E-state index is 0.250. The first kappa shape index (κ1) is 23.8. The van der Waals surface area contributed by atoms with E-state index in [0.717, 1.165) is 11.6 Å². The fraction of sp³-hybridized carbons (Fsp3) is 0.348. The highest BCUT2D eigenvalue weighted by Gasteiger charge is 2.31. The second-order valence-electron chi connectivity index (χ2n) is 7.85. The van der Waals surface area contributed by atoms with Crippen molar-refractivity contribution < 1.29 is 19.4 Å². The summed E-state index contributed by atoms with van der Waals surface area (Å²) in [6, 6.07) is 12.3. The Hall–Kier alpha value is -2.51. The molecule has 30 heavy (non-hydrogen) atoms. The van der Waals surface area contributed by atoms with Crippen LogP contribution in [-0.2, 0) is 18.8 Å². The molecular weight excluding hydrogens is 448 g/mol. The van der Waals surface area contributed by atoms with E-state index in [1.807, 2.05) is 32.9 Å². The molecule has 7 heteroatoms. The number of aromatic nitrogens is 1. The molecule has 0 aliphatic heterocycles. The predicted octanol–water partition coefficient (Wildman–Crippen LogP) is 3.99. The highest BCUT2D eigenvalue weighted by atomic mass is 79.9. The second-order valence-corrected chi connectivity index (χ2v) is 9.00. The molecule has 0 aliphatic rings. The van der Waals surface area contributed by atoms with Crippen LogP contribution in [0.2, 0.25) is 0 Å². The molecule has 0 bridgehead atoms. The van der Waals surface area contributed by atoms with E-state index in [-0.39, 0.29) is 18.1 Å². The fourth-order valence-corrected chi connectivity index (χ4v) is 3.43. The number of halogens is 1. The molecule has 2 N–H and O–H groups in total. The van der Waals surface area contributed by atoms with Crippen molar-refractivity contribution in [2.24, 2.45) is 5.41 Å². The van der Waals surface area contributed by atoms with E-state index < -0.39 is 16.4 Å². The quantitative estimate of drug-likeness (QED) is 0.359. The van der Waals surface area contributed by atoms with Crippen molar-refractivity contribution in [3.8, 4) is 0 Å². The van der Waals surface area contributed by atoms with Gasteiger partial charge in [0.1, 0.15) is 0 Å². The third-order valence-electron chi connectivity index (χ3n) is 4.44. The van der Waals surface area contributed by atoms with Gasteiger partial charge in [0, 0.05) is 23.9 Å². The normalized spacial score (nSPS) is 14.7. The first-order chi connectivity index (χ1) is 14.1. The minimum Gasteiger partial charge on any atom is -0.463 e. The number of benzene rings is 1. The van der Waals surface area contributed by atoms with Gasteiger partial charge in [-0.1, -0.05) is 51.1 Å². The Kier molecular flexibility index (Phi) is 7.92. The van der Waals surface area contributed by atoms with Crippen molar-refractivity contribution >= 4 is 27.8 Å². The van der Waals surface area contributed by atoms with Crippen LogP contribution in [-0.4, -0.2) is 28.6 Å². The van der Waals surface area contributed by atoms with E-state index >= 15 is 0 Å². The molecule has 0 spiro atoms. The maximum absolute atomic E-state index is 12.3. The average molecular weight is 475 g/mol. The number of nitrogens with one attached hydrogen (secondary N) is 1. The Bertz CT molecular complexity index is 888. The van der Waals surface area contributed by atoms with Crippen LogP contribution in [0, 0.1) is 5.41 Å². The van der Waals surface area contributed by atoms with Gasteiger partial charge in [0.2, 0.25) is 5.91 Å². The van der Waals surface area contributed by atoms with Crippen LogP contribution in [0.5, 0.6) is 0 Å². The van der Waals surface area contributed by atoms with Crippen molar-refractivity contribution in [1.29, 1.82) is 0 Å².